The fourth-order valence-corrected chi connectivity index (χ4v) is 3.07. The van der Waals surface area contributed by atoms with Crippen LogP contribution in [0.5, 0.6) is 0 Å². The molecule has 0 amide bonds. The first-order valence-corrected chi connectivity index (χ1v) is 10.2. The van der Waals surface area contributed by atoms with Gasteiger partial charge in [0.2, 0.25) is 5.88 Å². The van der Waals surface area contributed by atoms with E-state index in [0.717, 1.165) is 24.4 Å². The van der Waals surface area contributed by atoms with Crippen molar-refractivity contribution < 1.29 is 23.8 Å². The van der Waals surface area contributed by atoms with Crippen molar-refractivity contribution in [1.29, 1.82) is 0 Å². The second-order valence-electron chi connectivity index (χ2n) is 6.42. The number of hydrogen-bond acceptors (Lipinski definition) is 10. The van der Waals surface area contributed by atoms with Gasteiger partial charge in [0, 0.05) is 16.8 Å². The summed E-state index contributed by atoms with van der Waals surface area (Å²) in [5.41, 5.74) is 1.75. The van der Waals surface area contributed by atoms with E-state index in [1.165, 1.54) is 0 Å². The number of carbonyl (C=O) groups is 1. The van der Waals surface area contributed by atoms with E-state index in [9.17, 15) is 25.0 Å². The van der Waals surface area contributed by atoms with Crippen molar-refractivity contribution in [3.05, 3.63) is 84.1 Å². The average molecular weight is 508 g/mol. The lowest BCUT2D eigenvalue weighted by atomic mass is 10.2. The quantitative estimate of drug-likeness (QED) is 0.158. The third-order valence-corrected chi connectivity index (χ3v) is 4.84. The molecular formula is C20H15Cl2N5O7. The molecule has 14 heteroatoms. The topological polar surface area (TPSA) is 162 Å². The predicted octanol–water partition coefficient (Wildman–Crippen LogP) is 5.77. The number of hydrazone groups is 1. The first kappa shape index (κ1) is 24.5. The summed E-state index contributed by atoms with van der Waals surface area (Å²) in [4.78, 5) is 33.0. The largest absolute Gasteiger partial charge is 0.462 e. The van der Waals surface area contributed by atoms with Gasteiger partial charge in [-0.05, 0) is 37.3 Å². The number of esters is 1. The fraction of sp³-hybridized carbons (Fsp3) is 0.100. The van der Waals surface area contributed by atoms with Gasteiger partial charge in [0.15, 0.2) is 5.76 Å². The number of hydrogen-bond donors (Lipinski definition) is 2. The van der Waals surface area contributed by atoms with Crippen molar-refractivity contribution in [2.45, 2.75) is 6.92 Å². The number of carbonyl (C=O) groups excluding carboxylic acids is 1. The zero-order valence-corrected chi connectivity index (χ0v) is 18.8. The molecule has 34 heavy (non-hydrogen) atoms. The molecule has 2 N–H and O–H groups in total. The summed E-state index contributed by atoms with van der Waals surface area (Å²) in [5, 5.41) is 29.3. The molecule has 0 aliphatic rings. The van der Waals surface area contributed by atoms with E-state index in [0.29, 0.717) is 10.7 Å². The Hall–Kier alpha value is -4.16. The van der Waals surface area contributed by atoms with Crippen molar-refractivity contribution >= 4 is 64.0 Å². The van der Waals surface area contributed by atoms with Crippen molar-refractivity contribution in [3.8, 4) is 0 Å². The van der Waals surface area contributed by atoms with Gasteiger partial charge in [-0.2, -0.15) is 5.10 Å². The van der Waals surface area contributed by atoms with Crippen molar-refractivity contribution in [3.63, 3.8) is 0 Å². The third kappa shape index (κ3) is 5.60. The summed E-state index contributed by atoms with van der Waals surface area (Å²) < 4.78 is 10.7. The van der Waals surface area contributed by atoms with Gasteiger partial charge in [-0.3, -0.25) is 25.7 Å². The Bertz CT molecular complexity index is 1280. The first-order chi connectivity index (χ1) is 16.2. The van der Waals surface area contributed by atoms with Gasteiger partial charge in [-0.15, -0.1) is 0 Å². The van der Waals surface area contributed by atoms with Crippen LogP contribution in [0.15, 0.2) is 52.0 Å². The summed E-state index contributed by atoms with van der Waals surface area (Å²) >= 11 is 12.2. The number of anilines is 3. The second-order valence-corrected chi connectivity index (χ2v) is 7.24. The van der Waals surface area contributed by atoms with Gasteiger partial charge in [-0.25, -0.2) is 4.79 Å². The molecule has 0 aliphatic heterocycles. The number of non-ortho nitro benzene ring substituents is 1. The van der Waals surface area contributed by atoms with E-state index in [1.54, 1.807) is 31.2 Å². The minimum Gasteiger partial charge on any atom is -0.462 e. The molecular weight excluding hydrogens is 493 g/mol. The van der Waals surface area contributed by atoms with Gasteiger partial charge in [0.05, 0.1) is 28.7 Å². The van der Waals surface area contributed by atoms with Crippen LogP contribution in [0.2, 0.25) is 10.0 Å². The molecule has 0 fully saturated rings. The zero-order chi connectivity index (χ0) is 24.8. The number of ether oxygens (including phenoxy) is 1. The van der Waals surface area contributed by atoms with E-state index in [4.69, 9.17) is 32.4 Å². The Morgan fingerprint density at radius 1 is 1.15 bits per heavy atom. The van der Waals surface area contributed by atoms with Crippen LogP contribution in [-0.2, 0) is 4.74 Å². The highest BCUT2D eigenvalue weighted by atomic mass is 35.5. The number of nitrogens with zero attached hydrogens (tertiary/aromatic N) is 3. The first-order valence-electron chi connectivity index (χ1n) is 9.45. The molecule has 12 nitrogen and oxygen atoms in total. The number of halogens is 2. The zero-order valence-electron chi connectivity index (χ0n) is 17.3. The summed E-state index contributed by atoms with van der Waals surface area (Å²) in [6.45, 7) is 1.72. The maximum Gasteiger partial charge on any atom is 0.345 e. The van der Waals surface area contributed by atoms with Crippen LogP contribution >= 0.6 is 23.2 Å². The Morgan fingerprint density at radius 3 is 2.47 bits per heavy atom. The van der Waals surface area contributed by atoms with Gasteiger partial charge in [0.1, 0.15) is 16.3 Å². The number of nitro benzene ring substituents is 2. The van der Waals surface area contributed by atoms with Gasteiger partial charge in [0.25, 0.3) is 5.69 Å². The van der Waals surface area contributed by atoms with Gasteiger partial charge in [-0.1, -0.05) is 23.2 Å². The molecule has 0 aliphatic carbocycles. The maximum absolute atomic E-state index is 12.4. The van der Waals surface area contributed by atoms with Crippen LogP contribution in [0.25, 0.3) is 0 Å². The highest BCUT2D eigenvalue weighted by Gasteiger charge is 2.26. The minimum absolute atomic E-state index is 0.0199. The van der Waals surface area contributed by atoms with Gasteiger partial charge < -0.3 is 14.5 Å². The monoisotopic (exact) mass is 507 g/mol. The van der Waals surface area contributed by atoms with Crippen LogP contribution < -0.4 is 10.7 Å². The minimum atomic E-state index is -0.794. The molecule has 176 valence electrons. The van der Waals surface area contributed by atoms with E-state index in [-0.39, 0.29) is 34.5 Å². The summed E-state index contributed by atoms with van der Waals surface area (Å²) in [6, 6.07) is 9.56. The molecule has 0 saturated carbocycles. The molecule has 0 spiro atoms. The smallest absolute Gasteiger partial charge is 0.345 e. The Morgan fingerprint density at radius 2 is 1.85 bits per heavy atom. The van der Waals surface area contributed by atoms with Crippen LogP contribution in [0.1, 0.15) is 23.0 Å². The normalized spacial score (nSPS) is 10.8. The molecule has 1 aromatic heterocycles. The highest BCUT2D eigenvalue weighted by Crippen LogP contribution is 2.34. The van der Waals surface area contributed by atoms with Crippen LogP contribution in [0, 0.1) is 20.2 Å². The molecule has 0 radical (unpaired) electrons. The molecule has 0 unspecified atom stereocenters. The molecule has 0 atom stereocenters. The molecule has 2 aromatic carbocycles. The molecule has 0 saturated heterocycles. The standard InChI is InChI=1S/C20H15Cl2N5O7/c1-2-33-20(28)17-18(22)16(34-19(17)24-12-5-3-11(21)4-6-12)10-23-25-14-8-7-13(26(29)30)9-15(14)27(31)32/h3-10,24-25H,2H2,1H3/b23-10+. The van der Waals surface area contributed by atoms with E-state index in [1.807, 2.05) is 0 Å². The lowest BCUT2D eigenvalue weighted by molar-refractivity contribution is -0.393. The number of furan rings is 1. The van der Waals surface area contributed by atoms with Crippen LogP contribution in [0.4, 0.5) is 28.6 Å². The van der Waals surface area contributed by atoms with Gasteiger partial charge >= 0.3 is 11.7 Å². The molecule has 3 rings (SSSR count). The van der Waals surface area contributed by atoms with Crippen molar-refractivity contribution in [2.24, 2.45) is 5.10 Å². The SMILES string of the molecule is CCOC(=O)c1c(Nc2ccc(Cl)cc2)oc(/C=N/Nc2ccc([N+](=O)[O-])cc2[N+](=O)[O-])c1Cl. The predicted molar refractivity (Wildman–Crippen MR) is 125 cm³/mol. The van der Waals surface area contributed by atoms with E-state index in [2.05, 4.69) is 15.8 Å². The van der Waals surface area contributed by atoms with Crippen LogP contribution in [-0.4, -0.2) is 28.6 Å². The Labute approximate surface area is 201 Å². The van der Waals surface area contributed by atoms with E-state index < -0.39 is 27.2 Å². The number of nitro groups is 2. The van der Waals surface area contributed by atoms with Crippen molar-refractivity contribution in [2.75, 3.05) is 17.3 Å². The number of benzene rings is 2. The highest BCUT2D eigenvalue weighted by molar-refractivity contribution is 6.36. The molecule has 1 heterocycles. The third-order valence-electron chi connectivity index (χ3n) is 4.21. The molecule has 3 aromatic rings. The second kappa shape index (κ2) is 10.6. The van der Waals surface area contributed by atoms with E-state index >= 15 is 0 Å². The van der Waals surface area contributed by atoms with Crippen molar-refractivity contribution in [1.82, 2.24) is 0 Å². The fourth-order valence-electron chi connectivity index (χ4n) is 2.69. The number of nitrogens with one attached hydrogen (secondary N) is 2. The van der Waals surface area contributed by atoms with Crippen LogP contribution in [0.3, 0.4) is 0 Å². The summed E-state index contributed by atoms with van der Waals surface area (Å²) in [5.74, 6) is -0.821. The summed E-state index contributed by atoms with van der Waals surface area (Å²) in [7, 11) is 0. The summed E-state index contributed by atoms with van der Waals surface area (Å²) in [6.07, 6.45) is 1.09. The Kier molecular flexibility index (Phi) is 7.66. The number of rotatable bonds is 9. The average Bonchev–Trinajstić information content (AvgIpc) is 3.10. The lowest BCUT2D eigenvalue weighted by Crippen LogP contribution is -2.06. The maximum atomic E-state index is 12.4. The molecule has 0 bridgehead atoms. The lowest BCUT2D eigenvalue weighted by Gasteiger charge is -2.06. The Balaban J connectivity index is 1.91.